The van der Waals surface area contributed by atoms with E-state index >= 15 is 0 Å². The summed E-state index contributed by atoms with van der Waals surface area (Å²) in [5.74, 6) is -2.74. The molecule has 1 aromatic carbocycles. The van der Waals surface area contributed by atoms with Gasteiger partial charge in [-0.25, -0.2) is 9.97 Å². The van der Waals surface area contributed by atoms with Crippen LogP contribution < -0.4 is 9.64 Å². The maximum absolute atomic E-state index is 13.0. The molecule has 4 nitrogen and oxygen atoms in total. The first-order valence-corrected chi connectivity index (χ1v) is 7.42. The Morgan fingerprint density at radius 1 is 1.26 bits per heavy atom. The number of allylic oxidation sites excluding steroid dienone is 1. The van der Waals surface area contributed by atoms with E-state index in [4.69, 9.17) is 0 Å². The van der Waals surface area contributed by atoms with E-state index in [0.717, 1.165) is 5.57 Å². The van der Waals surface area contributed by atoms with E-state index < -0.39 is 5.85 Å². The third kappa shape index (κ3) is 4.70. The Balaban J connectivity index is 2.49. The second-order valence-corrected chi connectivity index (χ2v) is 5.98. The molecule has 122 valence electrons. The Hall–Kier alpha value is -2.07. The molecule has 0 N–H and O–H groups in total. The first-order chi connectivity index (χ1) is 10.7. The van der Waals surface area contributed by atoms with Crippen molar-refractivity contribution in [1.82, 2.24) is 9.97 Å². The molecule has 1 heterocycles. The van der Waals surface area contributed by atoms with Gasteiger partial charge in [0, 0.05) is 19.7 Å². The molecule has 0 aliphatic rings. The summed E-state index contributed by atoms with van der Waals surface area (Å²) in [6, 6.07) is 8.17. The largest absolute Gasteiger partial charge is 0.430 e. The molecule has 2 rings (SSSR count). The predicted molar refractivity (Wildman–Crippen MR) is 91.8 cm³/mol. The van der Waals surface area contributed by atoms with Gasteiger partial charge in [0.15, 0.2) is 0 Å². The number of anilines is 1. The summed E-state index contributed by atoms with van der Waals surface area (Å²) < 4.78 is 30.5. The van der Waals surface area contributed by atoms with Crippen molar-refractivity contribution >= 4 is 20.8 Å². The summed E-state index contributed by atoms with van der Waals surface area (Å²) in [6.45, 7) is 5.74. The maximum Gasteiger partial charge on any atom is 0.408 e. The van der Waals surface area contributed by atoms with Gasteiger partial charge in [0.25, 0.3) is 0 Å². The van der Waals surface area contributed by atoms with Crippen molar-refractivity contribution in [2.75, 3.05) is 19.0 Å². The van der Waals surface area contributed by atoms with Gasteiger partial charge in [-0.2, -0.15) is 8.78 Å². The second kappa shape index (κ2) is 6.59. The average Bonchev–Trinajstić information content (AvgIpc) is 2.45. The smallest absolute Gasteiger partial charge is 0.408 e. The van der Waals surface area contributed by atoms with Crippen molar-refractivity contribution in [3.05, 3.63) is 42.6 Å². The summed E-state index contributed by atoms with van der Waals surface area (Å²) in [7, 11) is 5.01. The second-order valence-electron chi connectivity index (χ2n) is 5.30. The van der Waals surface area contributed by atoms with Gasteiger partial charge >= 0.3 is 5.85 Å². The Bertz CT molecular complexity index is 730. The van der Waals surface area contributed by atoms with Crippen LogP contribution in [0.3, 0.4) is 0 Å². The molecule has 1 atom stereocenters. The van der Waals surface area contributed by atoms with Crippen molar-refractivity contribution in [1.29, 1.82) is 0 Å². The molecule has 0 saturated heterocycles. The highest BCUT2D eigenvalue weighted by molar-refractivity contribution is 7.17. The van der Waals surface area contributed by atoms with Crippen molar-refractivity contribution in [3.63, 3.8) is 0 Å². The lowest BCUT2D eigenvalue weighted by atomic mass is 10.1. The Morgan fingerprint density at radius 3 is 2.52 bits per heavy atom. The highest BCUT2D eigenvalue weighted by Crippen LogP contribution is 2.30. The molecule has 0 radical (unpaired) electrons. The fraction of sp³-hybridized carbons (Fsp3) is 0.250. The molecule has 23 heavy (non-hydrogen) atoms. The topological polar surface area (TPSA) is 38.2 Å². The molecular weight excluding hydrogens is 319 g/mol. The molecule has 0 bridgehead atoms. The first kappa shape index (κ1) is 17.3. The van der Waals surface area contributed by atoms with Gasteiger partial charge in [0.05, 0.1) is 11.4 Å². The first-order valence-electron chi connectivity index (χ1n) is 6.84. The van der Waals surface area contributed by atoms with Crippen LogP contribution >= 0.6 is 9.24 Å². The molecule has 0 aliphatic carbocycles. The van der Waals surface area contributed by atoms with E-state index in [1.54, 1.807) is 23.1 Å². The lowest BCUT2D eigenvalue weighted by molar-refractivity contribution is -0.0891. The normalized spacial score (nSPS) is 11.2. The average molecular weight is 337 g/mol. The molecule has 0 fully saturated rings. The number of benzene rings is 1. The molecule has 0 spiro atoms. The predicted octanol–water partition coefficient (Wildman–Crippen LogP) is 4.05. The van der Waals surface area contributed by atoms with Gasteiger partial charge in [-0.05, 0) is 39.9 Å². The lowest BCUT2D eigenvalue weighted by Gasteiger charge is -2.15. The lowest BCUT2D eigenvalue weighted by Crippen LogP contribution is -2.15. The van der Waals surface area contributed by atoms with Gasteiger partial charge in [-0.15, -0.1) is 0 Å². The van der Waals surface area contributed by atoms with Crippen molar-refractivity contribution in [2.24, 2.45) is 0 Å². The van der Waals surface area contributed by atoms with E-state index in [1.165, 1.54) is 21.4 Å². The Morgan fingerprint density at radius 2 is 1.96 bits per heavy atom. The standard InChI is InChI=1S/C16H18F2N3OP/c1-10(2)13-9-14(20-15(19-13)21(3)4)11-6-5-7-12(8-11)22-16(17,18)23/h5-9H,1,23H2,2-4H3. The summed E-state index contributed by atoms with van der Waals surface area (Å²) in [5.41, 5.74) is 2.76. The van der Waals surface area contributed by atoms with Crippen LogP contribution in [0, 0.1) is 0 Å². The monoisotopic (exact) mass is 337 g/mol. The summed E-state index contributed by atoms with van der Waals surface area (Å²) in [6.07, 6.45) is 0. The summed E-state index contributed by atoms with van der Waals surface area (Å²) >= 11 is 0. The minimum atomic E-state index is -3.32. The van der Waals surface area contributed by atoms with Crippen LogP contribution in [0.5, 0.6) is 5.75 Å². The Labute approximate surface area is 136 Å². The number of hydrogen-bond donors (Lipinski definition) is 0. The van der Waals surface area contributed by atoms with Crippen LogP contribution in [0.1, 0.15) is 12.6 Å². The van der Waals surface area contributed by atoms with E-state index in [0.29, 0.717) is 22.9 Å². The molecule has 0 aliphatic heterocycles. The Kier molecular flexibility index (Phi) is 4.95. The van der Waals surface area contributed by atoms with Gasteiger partial charge in [-0.1, -0.05) is 18.7 Å². The van der Waals surface area contributed by atoms with Crippen LogP contribution in [-0.2, 0) is 0 Å². The molecule has 1 aromatic heterocycles. The van der Waals surface area contributed by atoms with Crippen LogP contribution in [0.2, 0.25) is 0 Å². The highest BCUT2D eigenvalue weighted by Gasteiger charge is 2.23. The number of hydrogen-bond acceptors (Lipinski definition) is 4. The summed E-state index contributed by atoms with van der Waals surface area (Å²) in [5, 5.41) is 0. The van der Waals surface area contributed by atoms with Crippen molar-refractivity contribution < 1.29 is 13.5 Å². The fourth-order valence-corrected chi connectivity index (χ4v) is 2.01. The van der Waals surface area contributed by atoms with Crippen molar-refractivity contribution in [2.45, 2.75) is 12.8 Å². The number of halogens is 2. The van der Waals surface area contributed by atoms with Crippen LogP contribution in [-0.4, -0.2) is 29.9 Å². The molecule has 0 amide bonds. The molecule has 0 saturated carbocycles. The van der Waals surface area contributed by atoms with E-state index in [-0.39, 0.29) is 5.75 Å². The zero-order valence-electron chi connectivity index (χ0n) is 13.2. The zero-order chi connectivity index (χ0) is 17.2. The number of rotatable bonds is 5. The minimum Gasteiger partial charge on any atom is -0.430 e. The number of alkyl halides is 2. The minimum absolute atomic E-state index is 0.0596. The molecule has 7 heteroatoms. The number of ether oxygens (including phenoxy) is 1. The van der Waals surface area contributed by atoms with Gasteiger partial charge in [0.2, 0.25) is 5.95 Å². The zero-order valence-corrected chi connectivity index (χ0v) is 14.3. The molecular formula is C16H18F2N3OP. The van der Waals surface area contributed by atoms with E-state index in [2.05, 4.69) is 21.3 Å². The fourth-order valence-electron chi connectivity index (χ4n) is 1.88. The van der Waals surface area contributed by atoms with Crippen LogP contribution in [0.15, 0.2) is 36.9 Å². The molecule has 1 unspecified atom stereocenters. The van der Waals surface area contributed by atoms with Gasteiger partial charge in [0.1, 0.15) is 5.75 Å². The molecule has 2 aromatic rings. The van der Waals surface area contributed by atoms with Crippen LogP contribution in [0.4, 0.5) is 14.7 Å². The maximum atomic E-state index is 13.0. The number of nitrogens with zero attached hydrogens (tertiary/aromatic N) is 3. The third-order valence-corrected chi connectivity index (χ3v) is 3.05. The van der Waals surface area contributed by atoms with E-state index in [9.17, 15) is 8.78 Å². The third-order valence-electron chi connectivity index (χ3n) is 2.94. The quantitative estimate of drug-likeness (QED) is 0.772. The van der Waals surface area contributed by atoms with Gasteiger partial charge < -0.3 is 9.64 Å². The van der Waals surface area contributed by atoms with Crippen molar-refractivity contribution in [3.8, 4) is 17.0 Å². The SMILES string of the molecule is C=C(C)c1cc(-c2cccc(OC(F)(F)P)c2)nc(N(C)C)n1. The van der Waals surface area contributed by atoms with E-state index in [1.807, 2.05) is 21.0 Å². The van der Waals surface area contributed by atoms with Gasteiger partial charge in [-0.3, -0.25) is 0 Å². The highest BCUT2D eigenvalue weighted by atomic mass is 31.0. The summed E-state index contributed by atoms with van der Waals surface area (Å²) in [4.78, 5) is 10.6. The van der Waals surface area contributed by atoms with Crippen LogP contribution in [0.25, 0.3) is 16.8 Å². The number of aromatic nitrogens is 2.